The first-order valence-electron chi connectivity index (χ1n) is 3.54. The second-order valence-electron chi connectivity index (χ2n) is 2.74. The summed E-state index contributed by atoms with van der Waals surface area (Å²) in [5, 5.41) is 18.1. The molecule has 0 heterocycles. The second kappa shape index (κ2) is 11.2. The molecule has 0 bridgehead atoms. The summed E-state index contributed by atoms with van der Waals surface area (Å²) in [6.07, 6.45) is 0. The van der Waals surface area contributed by atoms with E-state index in [4.69, 9.17) is 19.3 Å². The molecule has 20 heavy (non-hydrogen) atoms. The predicted octanol–water partition coefficient (Wildman–Crippen LogP) is -3.00. The van der Waals surface area contributed by atoms with Gasteiger partial charge in [-0.15, -0.1) is 0 Å². The normalized spacial score (nSPS) is 10.1. The van der Waals surface area contributed by atoms with E-state index in [0.717, 1.165) is 0 Å². The summed E-state index contributed by atoms with van der Waals surface area (Å²) in [5.74, 6) is -2.10. The quantitative estimate of drug-likeness (QED) is 0.320. The number of benzene rings is 1. The molecule has 0 atom stereocenters. The fourth-order valence-corrected chi connectivity index (χ4v) is 2.21. The SMILES string of the molecule is O=S(=O)(O)c1cc(S(=O)(=O)O)c(O)cc1O.[NaH].[NaH].[NaH].[NaH]. The maximum atomic E-state index is 10.7. The van der Waals surface area contributed by atoms with E-state index >= 15 is 0 Å². The monoisotopic (exact) mass is 366 g/mol. The summed E-state index contributed by atoms with van der Waals surface area (Å²) in [4.78, 5) is -2.28. The van der Waals surface area contributed by atoms with Crippen LogP contribution in [-0.2, 0) is 20.2 Å². The third-order valence-electron chi connectivity index (χ3n) is 1.60. The van der Waals surface area contributed by atoms with E-state index in [-0.39, 0.29) is 124 Å². The molecule has 0 spiro atoms. The molecular weight excluding hydrogens is 356 g/mol. The van der Waals surface area contributed by atoms with Gasteiger partial charge in [0.25, 0.3) is 20.2 Å². The van der Waals surface area contributed by atoms with Crippen LogP contribution in [0.4, 0.5) is 0 Å². The number of hydrogen-bond donors (Lipinski definition) is 4. The van der Waals surface area contributed by atoms with Crippen LogP contribution in [0.15, 0.2) is 21.9 Å². The zero-order valence-corrected chi connectivity index (χ0v) is 9.03. The van der Waals surface area contributed by atoms with Gasteiger partial charge in [0.2, 0.25) is 0 Å². The van der Waals surface area contributed by atoms with Crippen molar-refractivity contribution in [3.63, 3.8) is 0 Å². The van der Waals surface area contributed by atoms with E-state index < -0.39 is 41.5 Å². The first-order chi connectivity index (χ1) is 7.03. The first kappa shape index (κ1) is 30.5. The minimum atomic E-state index is -4.87. The van der Waals surface area contributed by atoms with Crippen LogP contribution in [0, 0.1) is 0 Å². The summed E-state index contributed by atoms with van der Waals surface area (Å²) in [6, 6.07) is 0.599. The molecule has 0 saturated carbocycles. The Balaban J connectivity index is -0.000000320. The molecule has 14 heteroatoms. The topological polar surface area (TPSA) is 149 Å². The molecule has 8 nitrogen and oxygen atoms in total. The van der Waals surface area contributed by atoms with Crippen LogP contribution in [0.25, 0.3) is 0 Å². The van der Waals surface area contributed by atoms with Gasteiger partial charge in [-0.3, -0.25) is 9.11 Å². The van der Waals surface area contributed by atoms with Crippen molar-refractivity contribution < 1.29 is 36.2 Å². The number of hydrogen-bond acceptors (Lipinski definition) is 6. The van der Waals surface area contributed by atoms with E-state index in [1.165, 1.54) is 0 Å². The Bertz CT molecular complexity index is 588. The van der Waals surface area contributed by atoms with Crippen LogP contribution >= 0.6 is 0 Å². The van der Waals surface area contributed by atoms with Gasteiger partial charge in [-0.1, -0.05) is 0 Å². The number of aromatic hydroxyl groups is 2. The third-order valence-corrected chi connectivity index (χ3v) is 3.36. The van der Waals surface area contributed by atoms with Crippen LogP contribution in [0.2, 0.25) is 0 Å². The Labute approximate surface area is 204 Å². The van der Waals surface area contributed by atoms with Crippen molar-refractivity contribution in [2.24, 2.45) is 0 Å². The van der Waals surface area contributed by atoms with Gasteiger partial charge in [0, 0.05) is 6.07 Å². The van der Waals surface area contributed by atoms with Crippen molar-refractivity contribution in [3.8, 4) is 11.5 Å². The summed E-state index contributed by atoms with van der Waals surface area (Å²) >= 11 is 0. The van der Waals surface area contributed by atoms with Gasteiger partial charge in [-0.05, 0) is 6.07 Å². The first-order valence-corrected chi connectivity index (χ1v) is 6.42. The molecule has 0 fully saturated rings. The average molecular weight is 366 g/mol. The van der Waals surface area contributed by atoms with E-state index in [0.29, 0.717) is 6.07 Å². The third kappa shape index (κ3) is 8.48. The van der Waals surface area contributed by atoms with Crippen molar-refractivity contribution in [2.75, 3.05) is 0 Å². The van der Waals surface area contributed by atoms with Crippen molar-refractivity contribution in [3.05, 3.63) is 12.1 Å². The van der Waals surface area contributed by atoms with Crippen LogP contribution in [0.3, 0.4) is 0 Å². The molecule has 0 saturated heterocycles. The van der Waals surface area contributed by atoms with Gasteiger partial charge in [0.15, 0.2) is 0 Å². The average Bonchev–Trinajstić information content (AvgIpc) is 1.97. The molecule has 0 unspecified atom stereocenters. The van der Waals surface area contributed by atoms with E-state index in [1.807, 2.05) is 0 Å². The van der Waals surface area contributed by atoms with Gasteiger partial charge in [0.1, 0.15) is 21.3 Å². The van der Waals surface area contributed by atoms with Crippen molar-refractivity contribution >= 4 is 138 Å². The van der Waals surface area contributed by atoms with Crippen molar-refractivity contribution in [1.82, 2.24) is 0 Å². The molecule has 0 aliphatic rings. The number of phenols is 2. The molecule has 0 aromatic heterocycles. The van der Waals surface area contributed by atoms with Crippen molar-refractivity contribution in [1.29, 1.82) is 0 Å². The fraction of sp³-hybridized carbons (Fsp3) is 0. The van der Waals surface area contributed by atoms with E-state index in [9.17, 15) is 16.8 Å². The summed E-state index contributed by atoms with van der Waals surface area (Å²) in [5.41, 5.74) is 0. The Kier molecular flexibility index (Phi) is 17.1. The fourth-order valence-electron chi connectivity index (χ4n) is 0.952. The Morgan fingerprint density at radius 1 is 0.650 bits per heavy atom. The summed E-state index contributed by atoms with van der Waals surface area (Å²) in [6.45, 7) is 0. The van der Waals surface area contributed by atoms with E-state index in [1.54, 1.807) is 0 Å². The number of rotatable bonds is 2. The molecule has 0 amide bonds. The van der Waals surface area contributed by atoms with Gasteiger partial charge in [-0.25, -0.2) is 0 Å². The van der Waals surface area contributed by atoms with Crippen LogP contribution in [0.1, 0.15) is 0 Å². The molecule has 0 aliphatic carbocycles. The van der Waals surface area contributed by atoms with Gasteiger partial charge < -0.3 is 10.2 Å². The molecule has 1 aromatic rings. The molecule has 0 radical (unpaired) electrons. The molecular formula is C6H10Na4O8S2. The van der Waals surface area contributed by atoms with Crippen LogP contribution in [-0.4, -0.2) is 154 Å². The molecule has 1 rings (SSSR count). The van der Waals surface area contributed by atoms with Gasteiger partial charge in [0.05, 0.1) is 0 Å². The summed E-state index contributed by atoms with van der Waals surface area (Å²) in [7, 11) is -9.74. The van der Waals surface area contributed by atoms with Gasteiger partial charge in [-0.2, -0.15) is 16.8 Å². The zero-order chi connectivity index (χ0) is 12.7. The zero-order valence-electron chi connectivity index (χ0n) is 7.39. The molecule has 4 N–H and O–H groups in total. The number of phenolic OH excluding ortho intramolecular Hbond substituents is 2. The maximum absolute atomic E-state index is 10.7. The molecule has 98 valence electrons. The molecule has 1 aromatic carbocycles. The van der Waals surface area contributed by atoms with Crippen molar-refractivity contribution in [2.45, 2.75) is 9.79 Å². The van der Waals surface area contributed by atoms with Crippen LogP contribution < -0.4 is 0 Å². The Morgan fingerprint density at radius 2 is 0.900 bits per heavy atom. The second-order valence-corrected chi connectivity index (χ2v) is 5.52. The standard InChI is InChI=1S/C6H6O8S2.4Na.4H/c7-3-1-4(8)6(16(12,13)14)2-5(3)15(9,10)11;;;;;;;;/h1-2,7-8H,(H,9,10,11)(H,12,13,14);;;;;;;;. The predicted molar refractivity (Wildman–Crippen MR) is 78.0 cm³/mol. The van der Waals surface area contributed by atoms with E-state index in [2.05, 4.69) is 0 Å². The summed E-state index contributed by atoms with van der Waals surface area (Å²) < 4.78 is 59.9. The molecule has 0 aliphatic heterocycles. The Morgan fingerprint density at radius 3 is 1.10 bits per heavy atom. The van der Waals surface area contributed by atoms with Crippen LogP contribution in [0.5, 0.6) is 11.5 Å². The minimum absolute atomic E-state index is 0. The Hall–Kier alpha value is 2.64. The van der Waals surface area contributed by atoms with Gasteiger partial charge >= 0.3 is 118 Å².